The lowest BCUT2D eigenvalue weighted by molar-refractivity contribution is -0.188. The molecular formula is C22H36O4. The van der Waals surface area contributed by atoms with Crippen LogP contribution in [0, 0.1) is 33.5 Å². The summed E-state index contributed by atoms with van der Waals surface area (Å²) in [6.07, 6.45) is 9.67. The summed E-state index contributed by atoms with van der Waals surface area (Å²) in [6, 6.07) is 0. The highest BCUT2D eigenvalue weighted by atomic mass is 16.5. The van der Waals surface area contributed by atoms with Gasteiger partial charge in [0.2, 0.25) is 0 Å². The Balaban J connectivity index is 1.65. The van der Waals surface area contributed by atoms with Gasteiger partial charge in [-0.2, -0.15) is 0 Å². The average Bonchev–Trinajstić information content (AvgIpc) is 2.76. The summed E-state index contributed by atoms with van der Waals surface area (Å²) in [6.45, 7) is 6.84. The molecule has 4 aliphatic carbocycles. The Morgan fingerprint density at radius 3 is 2.54 bits per heavy atom. The molecule has 0 heterocycles. The molecule has 4 fully saturated rings. The number of aliphatic hydroxyl groups excluding tert-OH is 2. The van der Waals surface area contributed by atoms with E-state index in [0.717, 1.165) is 38.5 Å². The monoisotopic (exact) mass is 364 g/mol. The second-order valence-electron chi connectivity index (χ2n) is 10.7. The summed E-state index contributed by atoms with van der Waals surface area (Å²) in [5.74, 6) is 0.863. The first-order valence-electron chi connectivity index (χ1n) is 10.7. The maximum absolute atomic E-state index is 12.9. The number of aliphatic hydroxyl groups is 2. The van der Waals surface area contributed by atoms with Gasteiger partial charge in [-0.25, -0.2) is 0 Å². The average molecular weight is 365 g/mol. The van der Waals surface area contributed by atoms with Crippen molar-refractivity contribution >= 4 is 5.97 Å². The van der Waals surface area contributed by atoms with E-state index in [1.54, 1.807) is 0 Å². The molecule has 0 unspecified atom stereocenters. The van der Waals surface area contributed by atoms with Gasteiger partial charge in [-0.05, 0) is 86.4 Å². The summed E-state index contributed by atoms with van der Waals surface area (Å²) >= 11 is 0. The Labute approximate surface area is 157 Å². The van der Waals surface area contributed by atoms with Gasteiger partial charge < -0.3 is 14.9 Å². The van der Waals surface area contributed by atoms with Gasteiger partial charge in [0, 0.05) is 0 Å². The fourth-order valence-electron chi connectivity index (χ4n) is 8.28. The van der Waals surface area contributed by atoms with Crippen molar-refractivity contribution in [2.24, 2.45) is 33.5 Å². The SMILES string of the molecule is C[C@@]12CC[C@@H]3[C@@](CC[C@H]4[C@@]3(C)CCC[C@@]4(C)C(=O)OCCO)(C[C@H]1O)C2. The smallest absolute Gasteiger partial charge is 0.312 e. The van der Waals surface area contributed by atoms with E-state index in [4.69, 9.17) is 9.84 Å². The molecule has 1 spiro atoms. The van der Waals surface area contributed by atoms with E-state index in [0.29, 0.717) is 11.8 Å². The standard InChI is InChI=1S/C22H36O4/c1-19-9-5-16-20(2)7-4-8-21(3,18(25)26-12-11-23)15(20)6-10-22(16,14-19)13-17(19)24/h15-17,23-24H,4-14H2,1-3H3/t15-,16-,17+,19-,20+,21+,22-/m0/s1. The number of hydrogen-bond acceptors (Lipinski definition) is 4. The summed E-state index contributed by atoms with van der Waals surface area (Å²) in [5.41, 5.74) is 0.124. The van der Waals surface area contributed by atoms with Crippen molar-refractivity contribution in [3.63, 3.8) is 0 Å². The van der Waals surface area contributed by atoms with Crippen LogP contribution in [0.15, 0.2) is 0 Å². The van der Waals surface area contributed by atoms with E-state index in [-0.39, 0.29) is 41.5 Å². The highest BCUT2D eigenvalue weighted by Crippen LogP contribution is 2.73. The van der Waals surface area contributed by atoms with Crippen molar-refractivity contribution in [1.82, 2.24) is 0 Å². The Morgan fingerprint density at radius 2 is 1.81 bits per heavy atom. The number of rotatable bonds is 3. The zero-order valence-corrected chi connectivity index (χ0v) is 16.7. The minimum absolute atomic E-state index is 0.105. The van der Waals surface area contributed by atoms with E-state index in [2.05, 4.69) is 20.8 Å². The minimum Gasteiger partial charge on any atom is -0.463 e. The van der Waals surface area contributed by atoms with Crippen LogP contribution < -0.4 is 0 Å². The van der Waals surface area contributed by atoms with Gasteiger partial charge in [0.05, 0.1) is 18.1 Å². The third kappa shape index (κ3) is 2.37. The normalized spacial score (nSPS) is 52.9. The Kier molecular flexibility index (Phi) is 4.28. The fraction of sp³-hybridized carbons (Fsp3) is 0.955. The first kappa shape index (κ1) is 18.7. The van der Waals surface area contributed by atoms with Crippen molar-refractivity contribution in [2.75, 3.05) is 13.2 Å². The first-order valence-corrected chi connectivity index (χ1v) is 10.7. The molecule has 0 radical (unpaired) electrons. The molecule has 0 aromatic heterocycles. The van der Waals surface area contributed by atoms with Crippen molar-refractivity contribution in [3.8, 4) is 0 Å². The number of carbonyl (C=O) groups excluding carboxylic acids is 1. The van der Waals surface area contributed by atoms with Gasteiger partial charge in [0.15, 0.2) is 0 Å². The molecule has 4 saturated carbocycles. The van der Waals surface area contributed by atoms with Crippen LogP contribution >= 0.6 is 0 Å². The molecule has 2 bridgehead atoms. The number of hydrogen-bond donors (Lipinski definition) is 2. The molecule has 148 valence electrons. The van der Waals surface area contributed by atoms with Crippen molar-refractivity contribution in [2.45, 2.75) is 84.7 Å². The molecule has 0 amide bonds. The summed E-state index contributed by atoms with van der Waals surface area (Å²) in [4.78, 5) is 12.9. The van der Waals surface area contributed by atoms with Crippen LogP contribution in [-0.4, -0.2) is 35.5 Å². The number of fused-ring (bicyclic) bond motifs is 3. The van der Waals surface area contributed by atoms with Crippen LogP contribution in [0.1, 0.15) is 78.6 Å². The molecule has 0 aromatic carbocycles. The first-order chi connectivity index (χ1) is 12.2. The molecule has 7 atom stereocenters. The maximum Gasteiger partial charge on any atom is 0.312 e. The van der Waals surface area contributed by atoms with Crippen molar-refractivity contribution in [1.29, 1.82) is 0 Å². The molecule has 4 heteroatoms. The van der Waals surface area contributed by atoms with Crippen LogP contribution in [-0.2, 0) is 9.53 Å². The van der Waals surface area contributed by atoms with E-state index in [1.165, 1.54) is 19.3 Å². The zero-order chi connectivity index (χ0) is 18.8. The summed E-state index contributed by atoms with van der Waals surface area (Å²) in [7, 11) is 0. The quantitative estimate of drug-likeness (QED) is 0.750. The van der Waals surface area contributed by atoms with Gasteiger partial charge in [-0.1, -0.05) is 20.3 Å². The molecule has 26 heavy (non-hydrogen) atoms. The molecule has 0 saturated heterocycles. The highest BCUT2D eigenvalue weighted by molar-refractivity contribution is 5.77. The van der Waals surface area contributed by atoms with Crippen LogP contribution in [0.5, 0.6) is 0 Å². The molecule has 0 aliphatic heterocycles. The van der Waals surface area contributed by atoms with E-state index in [1.807, 2.05) is 0 Å². The van der Waals surface area contributed by atoms with Gasteiger partial charge in [0.25, 0.3) is 0 Å². The lowest BCUT2D eigenvalue weighted by atomic mass is 9.40. The number of carbonyl (C=O) groups is 1. The maximum atomic E-state index is 12.9. The van der Waals surface area contributed by atoms with Crippen LogP contribution in [0.2, 0.25) is 0 Å². The van der Waals surface area contributed by atoms with Crippen molar-refractivity contribution < 1.29 is 19.7 Å². The zero-order valence-electron chi connectivity index (χ0n) is 16.7. The molecule has 4 nitrogen and oxygen atoms in total. The second-order valence-corrected chi connectivity index (χ2v) is 10.7. The van der Waals surface area contributed by atoms with Crippen LogP contribution in [0.4, 0.5) is 0 Å². The molecule has 4 aliphatic rings. The summed E-state index contributed by atoms with van der Waals surface area (Å²) in [5, 5.41) is 19.8. The Bertz CT molecular complexity index is 591. The van der Waals surface area contributed by atoms with Gasteiger partial charge in [-0.15, -0.1) is 0 Å². The molecule has 0 aromatic rings. The van der Waals surface area contributed by atoms with Crippen molar-refractivity contribution in [3.05, 3.63) is 0 Å². The predicted octanol–water partition coefficient (Wildman–Crippen LogP) is 3.69. The minimum atomic E-state index is -0.429. The van der Waals surface area contributed by atoms with Crippen LogP contribution in [0.3, 0.4) is 0 Å². The third-order valence-electron chi connectivity index (χ3n) is 9.40. The lowest BCUT2D eigenvalue weighted by Gasteiger charge is -2.64. The van der Waals surface area contributed by atoms with E-state index in [9.17, 15) is 9.90 Å². The Hall–Kier alpha value is -0.610. The van der Waals surface area contributed by atoms with E-state index < -0.39 is 5.41 Å². The van der Waals surface area contributed by atoms with Gasteiger partial charge >= 0.3 is 5.97 Å². The third-order valence-corrected chi connectivity index (χ3v) is 9.40. The van der Waals surface area contributed by atoms with E-state index >= 15 is 0 Å². The topological polar surface area (TPSA) is 66.8 Å². The molecular weight excluding hydrogens is 328 g/mol. The second kappa shape index (κ2) is 5.94. The van der Waals surface area contributed by atoms with Gasteiger partial charge in [0.1, 0.15) is 6.61 Å². The number of ether oxygens (including phenoxy) is 1. The summed E-state index contributed by atoms with van der Waals surface area (Å²) < 4.78 is 5.43. The van der Waals surface area contributed by atoms with Gasteiger partial charge in [-0.3, -0.25) is 4.79 Å². The fourth-order valence-corrected chi connectivity index (χ4v) is 8.28. The number of esters is 1. The molecule has 2 N–H and O–H groups in total. The predicted molar refractivity (Wildman–Crippen MR) is 99.3 cm³/mol. The molecule has 4 rings (SSSR count). The lowest BCUT2D eigenvalue weighted by Crippen LogP contribution is -2.58. The largest absolute Gasteiger partial charge is 0.463 e. The van der Waals surface area contributed by atoms with Crippen LogP contribution in [0.25, 0.3) is 0 Å². The highest BCUT2D eigenvalue weighted by Gasteiger charge is 2.68. The Morgan fingerprint density at radius 1 is 1.08 bits per heavy atom.